The van der Waals surface area contributed by atoms with E-state index in [0.29, 0.717) is 0 Å². The molecule has 0 saturated heterocycles. The Morgan fingerprint density at radius 2 is 2.18 bits per heavy atom. The van der Waals surface area contributed by atoms with E-state index in [4.69, 9.17) is 9.84 Å². The molecule has 1 aliphatic heterocycles. The number of nitrogens with zero attached hydrogens (tertiary/aromatic N) is 1. The molecule has 0 amide bonds. The van der Waals surface area contributed by atoms with Gasteiger partial charge < -0.3 is 9.84 Å². The largest absolute Gasteiger partial charge is 0.497 e. The lowest BCUT2D eigenvalue weighted by Gasteiger charge is -2.16. The molecule has 0 bridgehead atoms. The molecular formula is C14H19NO2. The van der Waals surface area contributed by atoms with Gasteiger partial charge in [-0.1, -0.05) is 17.7 Å². The van der Waals surface area contributed by atoms with Crippen molar-refractivity contribution in [3.8, 4) is 5.75 Å². The van der Waals surface area contributed by atoms with E-state index in [9.17, 15) is 0 Å². The first-order valence-corrected chi connectivity index (χ1v) is 5.88. The predicted molar refractivity (Wildman–Crippen MR) is 69.0 cm³/mol. The summed E-state index contributed by atoms with van der Waals surface area (Å²) in [7, 11) is 3.79. The lowest BCUT2D eigenvalue weighted by molar-refractivity contribution is 0.289. The number of rotatable bonds is 3. The molecule has 17 heavy (non-hydrogen) atoms. The van der Waals surface area contributed by atoms with Crippen LogP contribution in [-0.2, 0) is 6.54 Å². The third-order valence-corrected chi connectivity index (χ3v) is 3.06. The zero-order valence-corrected chi connectivity index (χ0v) is 10.4. The maximum absolute atomic E-state index is 9.05. The van der Waals surface area contributed by atoms with Crippen molar-refractivity contribution in [2.45, 2.75) is 13.0 Å². The highest BCUT2D eigenvalue weighted by Crippen LogP contribution is 2.25. The molecule has 92 valence electrons. The van der Waals surface area contributed by atoms with Crippen molar-refractivity contribution in [3.05, 3.63) is 34.9 Å². The predicted octanol–water partition coefficient (Wildman–Crippen LogP) is 1.91. The molecule has 1 N–H and O–H groups in total. The number of hydrogen-bond donors (Lipinski definition) is 1. The molecule has 1 aromatic carbocycles. The summed E-state index contributed by atoms with van der Waals surface area (Å²) in [5.74, 6) is 0.899. The molecule has 0 fully saturated rings. The van der Waals surface area contributed by atoms with Gasteiger partial charge in [-0.25, -0.2) is 0 Å². The minimum absolute atomic E-state index is 0.213. The third kappa shape index (κ3) is 2.87. The van der Waals surface area contributed by atoms with E-state index in [1.54, 1.807) is 7.11 Å². The molecule has 0 saturated carbocycles. The Bertz CT molecular complexity index is 426. The fraction of sp³-hybridized carbons (Fsp3) is 0.429. The van der Waals surface area contributed by atoms with Gasteiger partial charge in [0.2, 0.25) is 0 Å². The lowest BCUT2D eigenvalue weighted by Crippen LogP contribution is -2.19. The molecule has 0 spiro atoms. The molecule has 1 aliphatic rings. The highest BCUT2D eigenvalue weighted by Gasteiger charge is 2.12. The molecule has 3 nitrogen and oxygen atoms in total. The van der Waals surface area contributed by atoms with Crippen LogP contribution < -0.4 is 4.74 Å². The molecule has 1 heterocycles. The summed E-state index contributed by atoms with van der Waals surface area (Å²) in [4.78, 5) is 2.26. The van der Waals surface area contributed by atoms with E-state index in [0.717, 1.165) is 25.3 Å². The number of aliphatic hydroxyl groups excluding tert-OH is 1. The van der Waals surface area contributed by atoms with E-state index in [2.05, 4.69) is 30.2 Å². The minimum atomic E-state index is 0.213. The molecule has 0 radical (unpaired) electrons. The van der Waals surface area contributed by atoms with Crippen molar-refractivity contribution in [3.63, 3.8) is 0 Å². The monoisotopic (exact) mass is 233 g/mol. The first-order valence-electron chi connectivity index (χ1n) is 5.88. The maximum Gasteiger partial charge on any atom is 0.119 e. The Morgan fingerprint density at radius 3 is 2.88 bits per heavy atom. The Labute approximate surface area is 102 Å². The van der Waals surface area contributed by atoms with Gasteiger partial charge in [-0.15, -0.1) is 0 Å². The van der Waals surface area contributed by atoms with E-state index in [1.165, 1.54) is 16.7 Å². The smallest absolute Gasteiger partial charge is 0.119 e. The molecular weight excluding hydrogens is 214 g/mol. The van der Waals surface area contributed by atoms with Crippen LogP contribution >= 0.6 is 0 Å². The van der Waals surface area contributed by atoms with Gasteiger partial charge in [0.1, 0.15) is 5.75 Å². The second kappa shape index (κ2) is 5.34. The maximum atomic E-state index is 9.05. The van der Waals surface area contributed by atoms with Gasteiger partial charge in [0.05, 0.1) is 7.11 Å². The number of hydrogen-bond acceptors (Lipinski definition) is 3. The number of likely N-dealkylation sites (N-methyl/N-ethyl adjacent to an activating group) is 1. The lowest BCUT2D eigenvalue weighted by atomic mass is 10.0. The van der Waals surface area contributed by atoms with Crippen molar-refractivity contribution in [1.82, 2.24) is 4.90 Å². The Balaban J connectivity index is 2.36. The number of aliphatic hydroxyl groups is 1. The first kappa shape index (κ1) is 12.1. The van der Waals surface area contributed by atoms with Gasteiger partial charge in [-0.2, -0.15) is 0 Å². The van der Waals surface area contributed by atoms with E-state index >= 15 is 0 Å². The van der Waals surface area contributed by atoms with Gasteiger partial charge in [-0.05, 0) is 36.7 Å². The zero-order valence-electron chi connectivity index (χ0n) is 10.4. The standard InChI is InChI=1S/C14H19NO2/c1-15-9-11(5-6-16)7-12-3-4-14(17-2)8-13(12)10-15/h3-4,7-8,16H,5-6,9-10H2,1-2H3. The van der Waals surface area contributed by atoms with E-state index in [1.807, 2.05) is 6.07 Å². The molecule has 3 heteroatoms. The highest BCUT2D eigenvalue weighted by atomic mass is 16.5. The van der Waals surface area contributed by atoms with E-state index in [-0.39, 0.29) is 6.61 Å². The topological polar surface area (TPSA) is 32.7 Å². The van der Waals surface area contributed by atoms with Gasteiger partial charge in [0.15, 0.2) is 0 Å². The summed E-state index contributed by atoms with van der Waals surface area (Å²) >= 11 is 0. The van der Waals surface area contributed by atoms with Crippen molar-refractivity contribution in [2.75, 3.05) is 27.3 Å². The fourth-order valence-corrected chi connectivity index (χ4v) is 2.24. The molecule has 1 aromatic rings. The molecule has 0 unspecified atom stereocenters. The summed E-state index contributed by atoms with van der Waals surface area (Å²) in [6, 6.07) is 6.16. The van der Waals surface area contributed by atoms with Crippen LogP contribution in [0.4, 0.5) is 0 Å². The van der Waals surface area contributed by atoms with Crippen LogP contribution in [0, 0.1) is 0 Å². The van der Waals surface area contributed by atoms with Gasteiger partial charge in [0.25, 0.3) is 0 Å². The molecule has 2 rings (SSSR count). The van der Waals surface area contributed by atoms with Crippen LogP contribution in [-0.4, -0.2) is 37.3 Å². The van der Waals surface area contributed by atoms with Crippen molar-refractivity contribution in [2.24, 2.45) is 0 Å². The number of benzene rings is 1. The summed E-state index contributed by atoms with van der Waals surface area (Å²) in [6.07, 6.45) is 2.93. The van der Waals surface area contributed by atoms with Gasteiger partial charge >= 0.3 is 0 Å². The number of ether oxygens (including phenoxy) is 1. The number of fused-ring (bicyclic) bond motifs is 1. The summed E-state index contributed by atoms with van der Waals surface area (Å²) in [5.41, 5.74) is 3.79. The summed E-state index contributed by atoms with van der Waals surface area (Å²) in [6.45, 7) is 2.04. The Kier molecular flexibility index (Phi) is 3.82. The van der Waals surface area contributed by atoms with E-state index < -0.39 is 0 Å². The normalized spacial score (nSPS) is 16.1. The quantitative estimate of drug-likeness (QED) is 0.865. The van der Waals surface area contributed by atoms with Crippen molar-refractivity contribution >= 4 is 6.08 Å². The first-order chi connectivity index (χ1) is 8.22. The minimum Gasteiger partial charge on any atom is -0.497 e. The molecule has 0 aromatic heterocycles. The average Bonchev–Trinajstić information content (AvgIpc) is 2.46. The summed E-state index contributed by atoms with van der Waals surface area (Å²) < 4.78 is 5.25. The SMILES string of the molecule is COc1ccc2c(c1)CN(C)CC(CCO)=C2. The second-order valence-electron chi connectivity index (χ2n) is 4.51. The van der Waals surface area contributed by atoms with Crippen LogP contribution in [0.3, 0.4) is 0 Å². The van der Waals surface area contributed by atoms with Crippen LogP contribution in [0.2, 0.25) is 0 Å². The van der Waals surface area contributed by atoms with Gasteiger partial charge in [0, 0.05) is 19.7 Å². The Hall–Kier alpha value is -1.32. The van der Waals surface area contributed by atoms with Crippen LogP contribution in [0.1, 0.15) is 17.5 Å². The molecule has 0 atom stereocenters. The number of methoxy groups -OCH3 is 1. The van der Waals surface area contributed by atoms with Gasteiger partial charge in [-0.3, -0.25) is 4.90 Å². The summed E-state index contributed by atoms with van der Waals surface area (Å²) in [5, 5.41) is 9.05. The van der Waals surface area contributed by atoms with Crippen LogP contribution in [0.25, 0.3) is 6.08 Å². The Morgan fingerprint density at radius 1 is 1.35 bits per heavy atom. The molecule has 0 aliphatic carbocycles. The van der Waals surface area contributed by atoms with Crippen LogP contribution in [0.5, 0.6) is 5.75 Å². The fourth-order valence-electron chi connectivity index (χ4n) is 2.24. The second-order valence-corrected chi connectivity index (χ2v) is 4.51. The van der Waals surface area contributed by atoms with Crippen LogP contribution in [0.15, 0.2) is 23.8 Å². The zero-order chi connectivity index (χ0) is 12.3. The average molecular weight is 233 g/mol. The van der Waals surface area contributed by atoms with Crippen molar-refractivity contribution in [1.29, 1.82) is 0 Å². The van der Waals surface area contributed by atoms with Crippen molar-refractivity contribution < 1.29 is 9.84 Å². The highest BCUT2D eigenvalue weighted by molar-refractivity contribution is 5.59. The third-order valence-electron chi connectivity index (χ3n) is 3.06.